The molecule has 18 heavy (non-hydrogen) atoms. The SMILES string of the molecule is CCCC(C(=O)c1ccco1)C(=O)c1ccco1. The molecule has 0 atom stereocenters. The summed E-state index contributed by atoms with van der Waals surface area (Å²) in [6, 6.07) is 6.40. The molecule has 0 unspecified atom stereocenters. The maximum atomic E-state index is 12.2. The van der Waals surface area contributed by atoms with Gasteiger partial charge in [0, 0.05) is 0 Å². The molecule has 0 spiro atoms. The van der Waals surface area contributed by atoms with Crippen molar-refractivity contribution in [1.29, 1.82) is 0 Å². The smallest absolute Gasteiger partial charge is 0.208 e. The van der Waals surface area contributed by atoms with Crippen molar-refractivity contribution in [2.75, 3.05) is 0 Å². The van der Waals surface area contributed by atoms with Crippen LogP contribution in [0, 0.1) is 5.92 Å². The minimum atomic E-state index is -0.729. The highest BCUT2D eigenvalue weighted by molar-refractivity contribution is 6.14. The molecule has 0 bridgehead atoms. The Labute approximate surface area is 105 Å². The summed E-state index contributed by atoms with van der Waals surface area (Å²) in [5.41, 5.74) is 0. The van der Waals surface area contributed by atoms with Gasteiger partial charge in [0.1, 0.15) is 0 Å². The summed E-state index contributed by atoms with van der Waals surface area (Å²) in [5.74, 6) is -0.875. The van der Waals surface area contributed by atoms with Crippen LogP contribution in [0.5, 0.6) is 0 Å². The Hall–Kier alpha value is -2.10. The first-order valence-electron chi connectivity index (χ1n) is 5.89. The molecule has 0 aliphatic heterocycles. The molecule has 2 aromatic heterocycles. The molecule has 0 aliphatic carbocycles. The summed E-state index contributed by atoms with van der Waals surface area (Å²) >= 11 is 0. The number of furan rings is 2. The van der Waals surface area contributed by atoms with E-state index in [2.05, 4.69) is 0 Å². The number of carbonyl (C=O) groups is 2. The molecule has 0 aromatic carbocycles. The third kappa shape index (κ3) is 2.42. The van der Waals surface area contributed by atoms with E-state index in [-0.39, 0.29) is 23.1 Å². The summed E-state index contributed by atoms with van der Waals surface area (Å²) < 4.78 is 10.1. The quantitative estimate of drug-likeness (QED) is 0.579. The second-order valence-electron chi connectivity index (χ2n) is 4.02. The van der Waals surface area contributed by atoms with E-state index in [0.29, 0.717) is 6.42 Å². The van der Waals surface area contributed by atoms with Gasteiger partial charge in [-0.05, 0) is 30.7 Å². The van der Waals surface area contributed by atoms with E-state index in [9.17, 15) is 9.59 Å². The number of hydrogen-bond donors (Lipinski definition) is 0. The average Bonchev–Trinajstić information content (AvgIpc) is 3.04. The maximum Gasteiger partial charge on any atom is 0.208 e. The molecule has 0 radical (unpaired) electrons. The van der Waals surface area contributed by atoms with Crippen LogP contribution in [0.15, 0.2) is 45.6 Å². The Bertz CT molecular complexity index is 462. The minimum Gasteiger partial charge on any atom is -0.461 e. The van der Waals surface area contributed by atoms with Crippen molar-refractivity contribution in [1.82, 2.24) is 0 Å². The van der Waals surface area contributed by atoms with Gasteiger partial charge in [0.15, 0.2) is 11.5 Å². The highest BCUT2D eigenvalue weighted by Gasteiger charge is 2.30. The molecule has 2 rings (SSSR count). The van der Waals surface area contributed by atoms with E-state index in [1.165, 1.54) is 12.5 Å². The molecule has 0 N–H and O–H groups in total. The van der Waals surface area contributed by atoms with Crippen molar-refractivity contribution in [2.45, 2.75) is 19.8 Å². The lowest BCUT2D eigenvalue weighted by Crippen LogP contribution is -2.23. The van der Waals surface area contributed by atoms with Crippen molar-refractivity contribution < 1.29 is 18.4 Å². The fourth-order valence-electron chi connectivity index (χ4n) is 1.85. The third-order valence-corrected chi connectivity index (χ3v) is 2.74. The summed E-state index contributed by atoms with van der Waals surface area (Å²) in [6.07, 6.45) is 4.07. The normalized spacial score (nSPS) is 10.8. The van der Waals surface area contributed by atoms with Gasteiger partial charge in [-0.25, -0.2) is 0 Å². The molecule has 0 aliphatic rings. The minimum absolute atomic E-state index is 0.216. The van der Waals surface area contributed by atoms with Crippen LogP contribution in [-0.2, 0) is 0 Å². The fraction of sp³-hybridized carbons (Fsp3) is 0.286. The molecule has 2 heterocycles. The lowest BCUT2D eigenvalue weighted by atomic mass is 9.91. The highest BCUT2D eigenvalue weighted by atomic mass is 16.3. The lowest BCUT2D eigenvalue weighted by Gasteiger charge is -2.10. The van der Waals surface area contributed by atoms with E-state index in [0.717, 1.165) is 6.42 Å². The van der Waals surface area contributed by atoms with Gasteiger partial charge < -0.3 is 8.83 Å². The predicted octanol–water partition coefficient (Wildman–Crippen LogP) is 3.35. The van der Waals surface area contributed by atoms with Gasteiger partial charge in [-0.1, -0.05) is 13.3 Å². The van der Waals surface area contributed by atoms with Crippen molar-refractivity contribution in [3.05, 3.63) is 48.3 Å². The van der Waals surface area contributed by atoms with Gasteiger partial charge in [0.25, 0.3) is 0 Å². The number of carbonyl (C=O) groups excluding carboxylic acids is 2. The zero-order valence-corrected chi connectivity index (χ0v) is 10.1. The average molecular weight is 246 g/mol. The standard InChI is InChI=1S/C14H14O4/c1-2-5-10(13(15)11-6-3-8-17-11)14(16)12-7-4-9-18-12/h3-4,6-10H,2,5H2,1H3. The van der Waals surface area contributed by atoms with Crippen molar-refractivity contribution >= 4 is 11.6 Å². The second kappa shape index (κ2) is 5.49. The number of rotatable bonds is 6. The van der Waals surface area contributed by atoms with Crippen LogP contribution in [-0.4, -0.2) is 11.6 Å². The molecule has 0 fully saturated rings. The Morgan fingerprint density at radius 1 is 1.06 bits per heavy atom. The van der Waals surface area contributed by atoms with Crippen LogP contribution < -0.4 is 0 Å². The molecule has 2 aromatic rings. The first kappa shape index (κ1) is 12.4. The predicted molar refractivity (Wildman–Crippen MR) is 64.5 cm³/mol. The summed E-state index contributed by atoms with van der Waals surface area (Å²) in [5, 5.41) is 0. The lowest BCUT2D eigenvalue weighted by molar-refractivity contribution is 0.0765. The van der Waals surface area contributed by atoms with Gasteiger partial charge in [-0.15, -0.1) is 0 Å². The van der Waals surface area contributed by atoms with Crippen LogP contribution in [0.25, 0.3) is 0 Å². The maximum absolute atomic E-state index is 12.2. The Balaban J connectivity index is 2.23. The molecular weight excluding hydrogens is 232 g/mol. The fourth-order valence-corrected chi connectivity index (χ4v) is 1.85. The van der Waals surface area contributed by atoms with Gasteiger partial charge in [0.2, 0.25) is 11.6 Å². The first-order valence-corrected chi connectivity index (χ1v) is 5.89. The van der Waals surface area contributed by atoms with Gasteiger partial charge in [0.05, 0.1) is 18.4 Å². The van der Waals surface area contributed by atoms with Crippen LogP contribution in [0.4, 0.5) is 0 Å². The monoisotopic (exact) mass is 246 g/mol. The zero-order valence-electron chi connectivity index (χ0n) is 10.1. The second-order valence-corrected chi connectivity index (χ2v) is 4.02. The van der Waals surface area contributed by atoms with Gasteiger partial charge in [-0.3, -0.25) is 9.59 Å². The van der Waals surface area contributed by atoms with Gasteiger partial charge >= 0.3 is 0 Å². The molecule has 4 heteroatoms. The molecule has 0 amide bonds. The van der Waals surface area contributed by atoms with Crippen molar-refractivity contribution in [3.63, 3.8) is 0 Å². The summed E-state index contributed by atoms with van der Waals surface area (Å²) in [4.78, 5) is 24.4. The largest absolute Gasteiger partial charge is 0.461 e. The van der Waals surface area contributed by atoms with E-state index in [1.54, 1.807) is 24.3 Å². The van der Waals surface area contributed by atoms with Crippen molar-refractivity contribution in [2.24, 2.45) is 5.92 Å². The van der Waals surface area contributed by atoms with Crippen LogP contribution in [0.2, 0.25) is 0 Å². The van der Waals surface area contributed by atoms with Crippen LogP contribution in [0.1, 0.15) is 40.9 Å². The van der Waals surface area contributed by atoms with Crippen LogP contribution in [0.3, 0.4) is 0 Å². The topological polar surface area (TPSA) is 60.4 Å². The number of hydrogen-bond acceptors (Lipinski definition) is 4. The van der Waals surface area contributed by atoms with E-state index in [4.69, 9.17) is 8.83 Å². The Morgan fingerprint density at radius 2 is 1.56 bits per heavy atom. The molecule has 0 saturated heterocycles. The van der Waals surface area contributed by atoms with E-state index in [1.807, 2.05) is 6.92 Å². The van der Waals surface area contributed by atoms with Crippen LogP contribution >= 0.6 is 0 Å². The van der Waals surface area contributed by atoms with E-state index >= 15 is 0 Å². The molecule has 4 nitrogen and oxygen atoms in total. The van der Waals surface area contributed by atoms with Crippen molar-refractivity contribution in [3.8, 4) is 0 Å². The van der Waals surface area contributed by atoms with Gasteiger partial charge in [-0.2, -0.15) is 0 Å². The zero-order chi connectivity index (χ0) is 13.0. The molecular formula is C14H14O4. The highest BCUT2D eigenvalue weighted by Crippen LogP contribution is 2.20. The summed E-state index contributed by atoms with van der Waals surface area (Å²) in [7, 11) is 0. The van der Waals surface area contributed by atoms with E-state index < -0.39 is 5.92 Å². The third-order valence-electron chi connectivity index (χ3n) is 2.74. The Morgan fingerprint density at radius 3 is 1.89 bits per heavy atom. The molecule has 94 valence electrons. The summed E-state index contributed by atoms with van der Waals surface area (Å²) in [6.45, 7) is 1.93. The number of ketones is 2. The number of Topliss-reactive ketones (excluding diaryl/α,β-unsaturated/α-hetero) is 2. The molecule has 0 saturated carbocycles. The Kier molecular flexibility index (Phi) is 3.77. The first-order chi connectivity index (χ1) is 8.74.